The number of rotatable bonds is 2. The summed E-state index contributed by atoms with van der Waals surface area (Å²) < 4.78 is 0. The molecule has 0 amide bonds. The molecule has 0 saturated carbocycles. The summed E-state index contributed by atoms with van der Waals surface area (Å²) in [5.74, 6) is -2.80. The fraction of sp³-hybridized carbons (Fsp3) is 0.111. The molecule has 0 unspecified atom stereocenters. The van der Waals surface area contributed by atoms with Gasteiger partial charge in [-0.2, -0.15) is 0 Å². The van der Waals surface area contributed by atoms with Gasteiger partial charge in [0.25, 0.3) is 0 Å². The fourth-order valence-corrected chi connectivity index (χ4v) is 1.06. The highest BCUT2D eigenvalue weighted by atomic mass is 16.4. The van der Waals surface area contributed by atoms with Crippen molar-refractivity contribution in [1.29, 1.82) is 0 Å². The molecule has 0 fully saturated rings. The molecule has 0 spiro atoms. The normalized spacial score (nSPS) is 14.3. The maximum atomic E-state index is 10.5. The summed E-state index contributed by atoms with van der Waals surface area (Å²) in [7, 11) is 0. The van der Waals surface area contributed by atoms with E-state index in [0.717, 1.165) is 0 Å². The number of carboxylic acid groups (broad SMARTS) is 2. The van der Waals surface area contributed by atoms with Gasteiger partial charge in [-0.15, -0.1) is 0 Å². The highest BCUT2D eigenvalue weighted by Crippen LogP contribution is 2.15. The van der Waals surface area contributed by atoms with Gasteiger partial charge in [0.2, 0.25) is 0 Å². The first-order valence-electron chi connectivity index (χ1n) is 3.66. The minimum Gasteiger partial charge on any atom is -0.477 e. The van der Waals surface area contributed by atoms with E-state index >= 15 is 0 Å². The predicted octanol–water partition coefficient (Wildman–Crippen LogP) is 0.968. The summed E-state index contributed by atoms with van der Waals surface area (Å²) in [5, 5.41) is 17.2. The van der Waals surface area contributed by atoms with Gasteiger partial charge in [0.1, 0.15) is 5.57 Å². The van der Waals surface area contributed by atoms with Crippen molar-refractivity contribution in [3.05, 3.63) is 35.5 Å². The number of aliphatic carboxylic acids is 2. The van der Waals surface area contributed by atoms with Crippen LogP contribution in [0.4, 0.5) is 0 Å². The zero-order valence-electron chi connectivity index (χ0n) is 6.73. The molecule has 1 aliphatic rings. The molecule has 0 aromatic heterocycles. The average Bonchev–Trinajstić information content (AvgIpc) is 2.04. The predicted molar refractivity (Wildman–Crippen MR) is 45.2 cm³/mol. The lowest BCUT2D eigenvalue weighted by Crippen LogP contribution is -2.14. The van der Waals surface area contributed by atoms with E-state index in [2.05, 4.69) is 0 Å². The lowest BCUT2D eigenvalue weighted by Gasteiger charge is -2.04. The van der Waals surface area contributed by atoms with Crippen LogP contribution < -0.4 is 0 Å². The Morgan fingerprint density at radius 2 is 1.77 bits per heavy atom. The number of carboxylic acids is 2. The zero-order valence-corrected chi connectivity index (χ0v) is 6.73. The van der Waals surface area contributed by atoms with Crippen LogP contribution in [0.2, 0.25) is 0 Å². The Balaban J connectivity index is 3.10. The quantitative estimate of drug-likeness (QED) is 0.377. The van der Waals surface area contributed by atoms with Crippen molar-refractivity contribution in [2.75, 3.05) is 0 Å². The fourth-order valence-electron chi connectivity index (χ4n) is 1.06. The lowest BCUT2D eigenvalue weighted by molar-refractivity contribution is -0.140. The summed E-state index contributed by atoms with van der Waals surface area (Å²) >= 11 is 0. The van der Waals surface area contributed by atoms with E-state index in [0.29, 0.717) is 12.0 Å². The summed E-state index contributed by atoms with van der Waals surface area (Å²) in [5.41, 5.74) is -0.233. The Labute approximate surface area is 74.5 Å². The molecule has 0 aliphatic heterocycles. The van der Waals surface area contributed by atoms with Gasteiger partial charge in [-0.3, -0.25) is 0 Å². The second kappa shape index (κ2) is 3.71. The molecule has 0 saturated heterocycles. The van der Waals surface area contributed by atoms with Crippen molar-refractivity contribution in [3.63, 3.8) is 0 Å². The van der Waals surface area contributed by atoms with E-state index in [-0.39, 0.29) is 0 Å². The van der Waals surface area contributed by atoms with Crippen LogP contribution in [0.3, 0.4) is 0 Å². The van der Waals surface area contributed by atoms with Crippen molar-refractivity contribution in [3.8, 4) is 0 Å². The highest BCUT2D eigenvalue weighted by molar-refractivity contribution is 6.13. The summed E-state index contributed by atoms with van der Waals surface area (Å²) in [6, 6.07) is 0. The van der Waals surface area contributed by atoms with Gasteiger partial charge in [0.05, 0.1) is 0 Å². The second-order valence-electron chi connectivity index (χ2n) is 2.50. The molecule has 0 heterocycles. The molecule has 1 aliphatic carbocycles. The topological polar surface area (TPSA) is 74.6 Å². The van der Waals surface area contributed by atoms with Gasteiger partial charge in [-0.1, -0.05) is 24.3 Å². The Hall–Kier alpha value is -1.84. The van der Waals surface area contributed by atoms with E-state index in [4.69, 9.17) is 10.2 Å². The van der Waals surface area contributed by atoms with Crippen LogP contribution in [0.5, 0.6) is 0 Å². The van der Waals surface area contributed by atoms with Crippen molar-refractivity contribution in [2.24, 2.45) is 0 Å². The molecule has 0 bridgehead atoms. The second-order valence-corrected chi connectivity index (χ2v) is 2.50. The number of hydrogen-bond donors (Lipinski definition) is 2. The molecule has 0 atom stereocenters. The third-order valence-electron chi connectivity index (χ3n) is 1.63. The van der Waals surface area contributed by atoms with Crippen molar-refractivity contribution in [1.82, 2.24) is 0 Å². The molecule has 0 radical (unpaired) electrons. The third kappa shape index (κ3) is 2.05. The average molecular weight is 180 g/mol. The Kier molecular flexibility index (Phi) is 2.64. The summed E-state index contributed by atoms with van der Waals surface area (Å²) in [6.45, 7) is 0. The monoisotopic (exact) mass is 180 g/mol. The van der Waals surface area contributed by atoms with Gasteiger partial charge in [-0.25, -0.2) is 9.59 Å². The van der Waals surface area contributed by atoms with Gasteiger partial charge in [-0.05, 0) is 12.0 Å². The van der Waals surface area contributed by atoms with E-state index in [1.807, 2.05) is 0 Å². The smallest absolute Gasteiger partial charge is 0.343 e. The van der Waals surface area contributed by atoms with Crippen molar-refractivity contribution < 1.29 is 19.8 Å². The molecule has 4 heteroatoms. The molecule has 0 aromatic carbocycles. The van der Waals surface area contributed by atoms with Crippen LogP contribution in [-0.4, -0.2) is 22.2 Å². The molecule has 13 heavy (non-hydrogen) atoms. The lowest BCUT2D eigenvalue weighted by atomic mass is 10.0. The van der Waals surface area contributed by atoms with E-state index in [1.165, 1.54) is 6.08 Å². The standard InChI is InChI=1S/C9H8O4/c10-8(11)7(9(12)13)6-4-2-1-3-5-6/h1-4H,5H2,(H,10,11)(H,12,13). The number of hydrogen-bond acceptors (Lipinski definition) is 2. The Morgan fingerprint density at radius 1 is 1.15 bits per heavy atom. The first kappa shape index (κ1) is 9.25. The van der Waals surface area contributed by atoms with E-state index in [1.54, 1.807) is 18.2 Å². The van der Waals surface area contributed by atoms with Crippen molar-refractivity contribution >= 4 is 11.9 Å². The molecule has 1 rings (SSSR count). The van der Waals surface area contributed by atoms with Crippen LogP contribution >= 0.6 is 0 Å². The minimum atomic E-state index is -1.40. The van der Waals surface area contributed by atoms with Crippen LogP contribution in [0.25, 0.3) is 0 Å². The Morgan fingerprint density at radius 3 is 2.15 bits per heavy atom. The molecular weight excluding hydrogens is 172 g/mol. The molecular formula is C9H8O4. The van der Waals surface area contributed by atoms with Crippen LogP contribution in [0.15, 0.2) is 35.5 Å². The van der Waals surface area contributed by atoms with Gasteiger partial charge in [0.15, 0.2) is 0 Å². The SMILES string of the molecule is O=C(O)C(C(=O)O)=C1C=CC=CC1. The van der Waals surface area contributed by atoms with Gasteiger partial charge >= 0.3 is 11.9 Å². The summed E-state index contributed by atoms with van der Waals surface area (Å²) in [6.07, 6.45) is 6.92. The highest BCUT2D eigenvalue weighted by Gasteiger charge is 2.20. The largest absolute Gasteiger partial charge is 0.477 e. The van der Waals surface area contributed by atoms with Crippen molar-refractivity contribution in [2.45, 2.75) is 6.42 Å². The maximum absolute atomic E-state index is 10.5. The zero-order chi connectivity index (χ0) is 9.84. The van der Waals surface area contributed by atoms with Gasteiger partial charge < -0.3 is 10.2 Å². The van der Waals surface area contributed by atoms with E-state index in [9.17, 15) is 9.59 Å². The third-order valence-corrected chi connectivity index (χ3v) is 1.63. The number of allylic oxidation sites excluding steroid dienone is 5. The first-order valence-corrected chi connectivity index (χ1v) is 3.66. The summed E-state index contributed by atoms with van der Waals surface area (Å²) in [4.78, 5) is 21.1. The number of carbonyl (C=O) groups is 2. The van der Waals surface area contributed by atoms with Crippen LogP contribution in [-0.2, 0) is 9.59 Å². The molecule has 4 nitrogen and oxygen atoms in total. The maximum Gasteiger partial charge on any atom is 0.343 e. The van der Waals surface area contributed by atoms with E-state index < -0.39 is 17.5 Å². The van der Waals surface area contributed by atoms with Crippen LogP contribution in [0, 0.1) is 0 Å². The van der Waals surface area contributed by atoms with Crippen LogP contribution in [0.1, 0.15) is 6.42 Å². The molecule has 2 N–H and O–H groups in total. The molecule has 0 aromatic rings. The Bertz CT molecular complexity index is 318. The molecule has 68 valence electrons. The minimum absolute atomic E-state index is 0.322. The first-order chi connectivity index (χ1) is 6.13. The van der Waals surface area contributed by atoms with Gasteiger partial charge in [0, 0.05) is 0 Å².